The van der Waals surface area contributed by atoms with Gasteiger partial charge < -0.3 is 9.26 Å². The zero-order chi connectivity index (χ0) is 9.90. The van der Waals surface area contributed by atoms with E-state index in [-0.39, 0.29) is 36.3 Å². The van der Waals surface area contributed by atoms with E-state index in [2.05, 4.69) is 4.52 Å². The summed E-state index contributed by atoms with van der Waals surface area (Å²) in [6.07, 6.45) is 0. The molecule has 1 aromatic carbocycles. The molecule has 0 radical (unpaired) electrons. The third-order valence-electron chi connectivity index (χ3n) is 1.29. The zero-order valence-electron chi connectivity index (χ0n) is 7.69. The maximum Gasteiger partial charge on any atom is 0.524 e. The van der Waals surface area contributed by atoms with Crippen molar-refractivity contribution in [2.75, 3.05) is 7.11 Å². The van der Waals surface area contributed by atoms with Gasteiger partial charge in [0.15, 0.2) is 11.5 Å². The summed E-state index contributed by atoms with van der Waals surface area (Å²) in [6, 6.07) is 6.22. The Labute approximate surface area is 99.5 Å². The van der Waals surface area contributed by atoms with Gasteiger partial charge in [0.05, 0.1) is 7.11 Å². The van der Waals surface area contributed by atoms with Crippen LogP contribution in [0.5, 0.6) is 11.5 Å². The quantitative estimate of drug-likeness (QED) is 0.826. The highest BCUT2D eigenvalue weighted by molar-refractivity contribution is 7.46. The number of phosphoric ester groups is 1. The summed E-state index contributed by atoms with van der Waals surface area (Å²) in [6.45, 7) is 0. The van der Waals surface area contributed by atoms with E-state index in [0.717, 1.165) is 0 Å². The van der Waals surface area contributed by atoms with Crippen molar-refractivity contribution in [3.05, 3.63) is 24.3 Å². The number of rotatable bonds is 3. The lowest BCUT2D eigenvalue weighted by molar-refractivity contribution is 0.276. The van der Waals surface area contributed by atoms with E-state index in [1.165, 1.54) is 13.2 Å². The molecular weight excluding hydrogens is 266 g/mol. The Morgan fingerprint density at radius 3 is 2.00 bits per heavy atom. The monoisotopic (exact) mass is 276 g/mol. The van der Waals surface area contributed by atoms with E-state index in [9.17, 15) is 4.57 Å². The predicted molar refractivity (Wildman–Crippen MR) is 60.2 cm³/mol. The highest BCUT2D eigenvalue weighted by atomic mass is 35.5. The van der Waals surface area contributed by atoms with E-state index in [1.807, 2.05) is 0 Å². The third-order valence-corrected chi connectivity index (χ3v) is 1.72. The smallest absolute Gasteiger partial charge is 0.493 e. The average Bonchev–Trinajstić information content (AvgIpc) is 2.02. The molecule has 2 N–H and O–H groups in total. The fourth-order valence-electron chi connectivity index (χ4n) is 0.822. The summed E-state index contributed by atoms with van der Waals surface area (Å²) in [4.78, 5) is 17.0. The lowest BCUT2D eigenvalue weighted by Gasteiger charge is -2.09. The van der Waals surface area contributed by atoms with Gasteiger partial charge in [-0.15, -0.1) is 24.8 Å². The lowest BCUT2D eigenvalue weighted by atomic mass is 10.3. The minimum Gasteiger partial charge on any atom is -0.493 e. The molecule has 0 bridgehead atoms. The van der Waals surface area contributed by atoms with Gasteiger partial charge >= 0.3 is 7.82 Å². The van der Waals surface area contributed by atoms with Crippen LogP contribution < -0.4 is 9.26 Å². The summed E-state index contributed by atoms with van der Waals surface area (Å²) in [5, 5.41) is 0. The number of ether oxygens (including phenoxy) is 1. The topological polar surface area (TPSA) is 76.0 Å². The van der Waals surface area contributed by atoms with Crippen LogP contribution in [0.1, 0.15) is 0 Å². The van der Waals surface area contributed by atoms with Crippen molar-refractivity contribution in [2.45, 2.75) is 0 Å². The van der Waals surface area contributed by atoms with Gasteiger partial charge in [-0.2, -0.15) is 0 Å². The Hall–Kier alpha value is -0.450. The maximum absolute atomic E-state index is 10.5. The summed E-state index contributed by atoms with van der Waals surface area (Å²) in [5.41, 5.74) is 0. The van der Waals surface area contributed by atoms with Crippen molar-refractivity contribution in [1.82, 2.24) is 0 Å². The molecule has 0 aliphatic rings. The Morgan fingerprint density at radius 2 is 1.60 bits per heavy atom. The van der Waals surface area contributed by atoms with Crippen LogP contribution in [0.2, 0.25) is 0 Å². The number of phosphoric acid groups is 1. The first-order valence-corrected chi connectivity index (χ1v) is 4.94. The number of benzene rings is 1. The molecule has 0 aliphatic carbocycles. The molecule has 0 saturated heterocycles. The molecule has 8 heteroatoms. The maximum atomic E-state index is 10.5. The summed E-state index contributed by atoms with van der Waals surface area (Å²) < 4.78 is 19.7. The SMILES string of the molecule is COc1ccccc1OP(=O)(O)O.Cl.Cl. The van der Waals surface area contributed by atoms with Crippen LogP contribution in [-0.4, -0.2) is 16.9 Å². The molecule has 1 aromatic rings. The van der Waals surface area contributed by atoms with Crippen LogP contribution in [-0.2, 0) is 4.57 Å². The standard InChI is InChI=1S/C7H9O5P.2ClH/c1-11-6-4-2-3-5-7(6)12-13(8,9)10;;/h2-5H,1H3,(H2,8,9,10);2*1H. The van der Waals surface area contributed by atoms with E-state index in [0.29, 0.717) is 0 Å². The van der Waals surface area contributed by atoms with Crippen molar-refractivity contribution in [3.8, 4) is 11.5 Å². The Balaban J connectivity index is 0. The van der Waals surface area contributed by atoms with Crippen LogP contribution in [0.4, 0.5) is 0 Å². The van der Waals surface area contributed by atoms with Crippen LogP contribution in [0.25, 0.3) is 0 Å². The van der Waals surface area contributed by atoms with Crippen LogP contribution in [0.15, 0.2) is 24.3 Å². The van der Waals surface area contributed by atoms with Crippen LogP contribution >= 0.6 is 32.6 Å². The number of hydrogen-bond acceptors (Lipinski definition) is 3. The number of methoxy groups -OCH3 is 1. The fourth-order valence-corrected chi connectivity index (χ4v) is 1.23. The molecule has 5 nitrogen and oxygen atoms in total. The lowest BCUT2D eigenvalue weighted by Crippen LogP contribution is -1.93. The van der Waals surface area contributed by atoms with Crippen LogP contribution in [0, 0.1) is 0 Å². The van der Waals surface area contributed by atoms with Gasteiger partial charge in [-0.25, -0.2) is 4.57 Å². The molecular formula is C7H11Cl2O5P. The molecule has 0 atom stereocenters. The fraction of sp³-hybridized carbons (Fsp3) is 0.143. The van der Waals surface area contributed by atoms with Gasteiger partial charge in [0.1, 0.15) is 0 Å². The highest BCUT2D eigenvalue weighted by Gasteiger charge is 2.18. The van der Waals surface area contributed by atoms with Gasteiger partial charge in [-0.1, -0.05) is 12.1 Å². The van der Waals surface area contributed by atoms with Gasteiger partial charge in [0, 0.05) is 0 Å². The largest absolute Gasteiger partial charge is 0.524 e. The van der Waals surface area contributed by atoms with E-state index in [1.54, 1.807) is 18.2 Å². The number of hydrogen-bond donors (Lipinski definition) is 2. The van der Waals surface area contributed by atoms with Crippen LogP contribution in [0.3, 0.4) is 0 Å². The van der Waals surface area contributed by atoms with Gasteiger partial charge in [0.2, 0.25) is 0 Å². The summed E-state index contributed by atoms with van der Waals surface area (Å²) in [7, 11) is -3.12. The van der Waals surface area contributed by atoms with Crippen molar-refractivity contribution >= 4 is 32.6 Å². The predicted octanol–water partition coefficient (Wildman–Crippen LogP) is 2.01. The minimum absolute atomic E-state index is 0. The summed E-state index contributed by atoms with van der Waals surface area (Å²) in [5.74, 6) is 0.309. The molecule has 0 unspecified atom stereocenters. The Bertz CT molecular complexity index is 340. The van der Waals surface area contributed by atoms with Gasteiger partial charge in [-0.05, 0) is 12.1 Å². The third kappa shape index (κ3) is 5.87. The number of halogens is 2. The Morgan fingerprint density at radius 1 is 1.13 bits per heavy atom. The first kappa shape index (κ1) is 17.0. The second-order valence-corrected chi connectivity index (χ2v) is 3.40. The molecule has 0 aromatic heterocycles. The van der Waals surface area contributed by atoms with Crippen molar-refractivity contribution in [3.63, 3.8) is 0 Å². The van der Waals surface area contributed by atoms with E-state index in [4.69, 9.17) is 14.5 Å². The molecule has 0 spiro atoms. The highest BCUT2D eigenvalue weighted by Crippen LogP contribution is 2.41. The minimum atomic E-state index is -4.51. The van der Waals surface area contributed by atoms with Gasteiger partial charge in [0.25, 0.3) is 0 Å². The molecule has 0 saturated carbocycles. The van der Waals surface area contributed by atoms with Gasteiger partial charge in [-0.3, -0.25) is 9.79 Å². The normalized spacial score (nSPS) is 9.53. The van der Waals surface area contributed by atoms with Crippen molar-refractivity contribution in [1.29, 1.82) is 0 Å². The second kappa shape index (κ2) is 6.93. The van der Waals surface area contributed by atoms with E-state index >= 15 is 0 Å². The molecule has 1 rings (SSSR count). The number of para-hydroxylation sites is 2. The molecule has 0 amide bonds. The van der Waals surface area contributed by atoms with Crippen molar-refractivity contribution < 1.29 is 23.6 Å². The van der Waals surface area contributed by atoms with Crippen molar-refractivity contribution in [2.24, 2.45) is 0 Å². The average molecular weight is 277 g/mol. The molecule has 0 fully saturated rings. The first-order chi connectivity index (χ1) is 6.03. The zero-order valence-corrected chi connectivity index (χ0v) is 10.2. The Kier molecular flexibility index (Phi) is 7.83. The molecule has 88 valence electrons. The second-order valence-electron chi connectivity index (χ2n) is 2.23. The molecule has 15 heavy (non-hydrogen) atoms. The first-order valence-electron chi connectivity index (χ1n) is 3.41. The molecule has 0 heterocycles. The summed E-state index contributed by atoms with van der Waals surface area (Å²) >= 11 is 0. The molecule has 0 aliphatic heterocycles. The van der Waals surface area contributed by atoms with E-state index < -0.39 is 7.82 Å².